The number of ketones is 2. The third-order valence-electron chi connectivity index (χ3n) is 3.74. The summed E-state index contributed by atoms with van der Waals surface area (Å²) in [5.41, 5.74) is -0.0725. The second-order valence-corrected chi connectivity index (χ2v) is 8.17. The molecule has 1 atom stereocenters. The molecule has 0 amide bonds. The maximum atomic E-state index is 12.5. The van der Waals surface area contributed by atoms with Crippen LogP contribution in [0.4, 0.5) is 0 Å². The fourth-order valence-corrected chi connectivity index (χ4v) is 3.43. The number of hydrogen-bond donors (Lipinski definition) is 0. The Hall–Kier alpha value is -2.00. The van der Waals surface area contributed by atoms with Crippen LogP contribution in [0.2, 0.25) is 0 Å². The highest BCUT2D eigenvalue weighted by atomic mass is 32.2. The lowest BCUT2D eigenvalue weighted by molar-refractivity contribution is -0.121. The van der Waals surface area contributed by atoms with Gasteiger partial charge in [-0.15, -0.1) is 0 Å². The predicted octanol–water partition coefficient (Wildman–Crippen LogP) is 2.17. The first-order chi connectivity index (χ1) is 10.3. The lowest BCUT2D eigenvalue weighted by Gasteiger charge is -2.13. The second-order valence-electron chi connectivity index (χ2n) is 5.69. The SMILES string of the molecule is CC(C)S(=O)(=O)c1ccccc1C(=O)C(C#N)C(=O)C1CC1. The summed E-state index contributed by atoms with van der Waals surface area (Å²) in [7, 11) is -3.67. The van der Waals surface area contributed by atoms with Crippen LogP contribution in [0.25, 0.3) is 0 Å². The van der Waals surface area contributed by atoms with Gasteiger partial charge in [0.2, 0.25) is 0 Å². The Morgan fingerprint density at radius 3 is 2.32 bits per heavy atom. The molecule has 2 rings (SSSR count). The van der Waals surface area contributed by atoms with Crippen LogP contribution in [0.3, 0.4) is 0 Å². The number of sulfone groups is 1. The molecule has 1 aliphatic rings. The molecular formula is C16H17NO4S. The third kappa shape index (κ3) is 2.95. The van der Waals surface area contributed by atoms with Crippen LogP contribution >= 0.6 is 0 Å². The lowest BCUT2D eigenvalue weighted by atomic mass is 9.92. The number of benzene rings is 1. The van der Waals surface area contributed by atoms with Crippen LogP contribution < -0.4 is 0 Å². The highest BCUT2D eigenvalue weighted by molar-refractivity contribution is 7.92. The van der Waals surface area contributed by atoms with Crippen LogP contribution in [0.1, 0.15) is 37.0 Å². The highest BCUT2D eigenvalue weighted by Gasteiger charge is 2.40. The van der Waals surface area contributed by atoms with Crippen molar-refractivity contribution in [1.29, 1.82) is 5.26 Å². The molecule has 22 heavy (non-hydrogen) atoms. The number of carbonyl (C=O) groups excluding carboxylic acids is 2. The Kier molecular flexibility index (Phi) is 4.47. The van der Waals surface area contributed by atoms with Crippen molar-refractivity contribution in [2.45, 2.75) is 36.8 Å². The molecule has 0 bridgehead atoms. The molecule has 1 aromatic carbocycles. The molecule has 1 unspecified atom stereocenters. The van der Waals surface area contributed by atoms with Gasteiger partial charge < -0.3 is 0 Å². The highest BCUT2D eigenvalue weighted by Crippen LogP contribution is 2.34. The van der Waals surface area contributed by atoms with Gasteiger partial charge in [0.1, 0.15) is 0 Å². The number of carbonyl (C=O) groups is 2. The van der Waals surface area contributed by atoms with E-state index < -0.39 is 32.6 Å². The summed E-state index contributed by atoms with van der Waals surface area (Å²) in [4.78, 5) is 24.5. The van der Waals surface area contributed by atoms with Gasteiger partial charge in [0, 0.05) is 11.5 Å². The van der Waals surface area contributed by atoms with E-state index in [0.29, 0.717) is 12.8 Å². The monoisotopic (exact) mass is 319 g/mol. The van der Waals surface area contributed by atoms with Gasteiger partial charge in [-0.1, -0.05) is 18.2 Å². The maximum absolute atomic E-state index is 12.5. The largest absolute Gasteiger partial charge is 0.297 e. The van der Waals surface area contributed by atoms with Crippen molar-refractivity contribution >= 4 is 21.4 Å². The van der Waals surface area contributed by atoms with Crippen LogP contribution in [0.5, 0.6) is 0 Å². The van der Waals surface area contributed by atoms with E-state index in [1.54, 1.807) is 6.07 Å². The van der Waals surface area contributed by atoms with Gasteiger partial charge in [-0.2, -0.15) is 5.26 Å². The van der Waals surface area contributed by atoms with Gasteiger partial charge in [0.25, 0.3) is 0 Å². The first-order valence-electron chi connectivity index (χ1n) is 7.11. The normalized spacial score (nSPS) is 16.1. The minimum absolute atomic E-state index is 0.0725. The van der Waals surface area contributed by atoms with Crippen molar-refractivity contribution in [3.8, 4) is 6.07 Å². The van der Waals surface area contributed by atoms with Gasteiger partial charge in [-0.3, -0.25) is 9.59 Å². The maximum Gasteiger partial charge on any atom is 0.188 e. The molecule has 1 fully saturated rings. The predicted molar refractivity (Wildman–Crippen MR) is 79.9 cm³/mol. The zero-order valence-corrected chi connectivity index (χ0v) is 13.3. The van der Waals surface area contributed by atoms with Crippen LogP contribution in [-0.4, -0.2) is 25.2 Å². The van der Waals surface area contributed by atoms with E-state index in [9.17, 15) is 18.0 Å². The fraction of sp³-hybridized carbons (Fsp3) is 0.438. The van der Waals surface area contributed by atoms with Crippen LogP contribution in [0.15, 0.2) is 29.2 Å². The summed E-state index contributed by atoms with van der Waals surface area (Å²) in [6, 6.07) is 7.50. The Balaban J connectivity index is 2.47. The van der Waals surface area contributed by atoms with Gasteiger partial charge in [0.05, 0.1) is 16.2 Å². The molecule has 1 saturated carbocycles. The average Bonchev–Trinajstić information content (AvgIpc) is 3.32. The van der Waals surface area contributed by atoms with E-state index in [-0.39, 0.29) is 16.4 Å². The summed E-state index contributed by atoms with van der Waals surface area (Å²) < 4.78 is 24.7. The molecule has 0 aliphatic heterocycles. The molecule has 0 N–H and O–H groups in total. The van der Waals surface area contributed by atoms with E-state index in [1.807, 2.05) is 0 Å². The van der Waals surface area contributed by atoms with Crippen molar-refractivity contribution < 1.29 is 18.0 Å². The van der Waals surface area contributed by atoms with Gasteiger partial charge in [0.15, 0.2) is 27.3 Å². The molecular weight excluding hydrogens is 302 g/mol. The van der Waals surface area contributed by atoms with Gasteiger partial charge >= 0.3 is 0 Å². The summed E-state index contributed by atoms with van der Waals surface area (Å²) in [5, 5.41) is 8.47. The number of nitriles is 1. The molecule has 0 spiro atoms. The van der Waals surface area contributed by atoms with Crippen LogP contribution in [-0.2, 0) is 14.6 Å². The summed E-state index contributed by atoms with van der Waals surface area (Å²) in [5.74, 6) is -2.78. The van der Waals surface area contributed by atoms with E-state index in [4.69, 9.17) is 5.26 Å². The lowest BCUT2D eigenvalue weighted by Crippen LogP contribution is -2.26. The Morgan fingerprint density at radius 1 is 1.23 bits per heavy atom. The van der Waals surface area contributed by atoms with E-state index in [2.05, 4.69) is 0 Å². The van der Waals surface area contributed by atoms with Gasteiger partial charge in [-0.05, 0) is 32.8 Å². The molecule has 116 valence electrons. The van der Waals surface area contributed by atoms with E-state index in [1.165, 1.54) is 38.1 Å². The molecule has 6 heteroatoms. The minimum atomic E-state index is -3.67. The Bertz CT molecular complexity index is 755. The molecule has 1 aliphatic carbocycles. The molecule has 0 aromatic heterocycles. The van der Waals surface area contributed by atoms with Crippen molar-refractivity contribution in [2.75, 3.05) is 0 Å². The second kappa shape index (κ2) is 6.01. The van der Waals surface area contributed by atoms with Gasteiger partial charge in [-0.25, -0.2) is 8.42 Å². The molecule has 5 nitrogen and oxygen atoms in total. The summed E-state index contributed by atoms with van der Waals surface area (Å²) >= 11 is 0. The number of hydrogen-bond acceptors (Lipinski definition) is 5. The fourth-order valence-electron chi connectivity index (χ4n) is 2.18. The zero-order chi connectivity index (χ0) is 16.5. The van der Waals surface area contributed by atoms with Crippen molar-refractivity contribution in [1.82, 2.24) is 0 Å². The first-order valence-corrected chi connectivity index (χ1v) is 8.65. The first kappa shape index (κ1) is 16.4. The Labute approximate surface area is 129 Å². The summed E-state index contributed by atoms with van der Waals surface area (Å²) in [6.45, 7) is 3.04. The third-order valence-corrected chi connectivity index (χ3v) is 5.95. The van der Waals surface area contributed by atoms with Crippen molar-refractivity contribution in [3.05, 3.63) is 29.8 Å². The van der Waals surface area contributed by atoms with Crippen LogP contribution in [0, 0.1) is 23.2 Å². The molecule has 0 saturated heterocycles. The van der Waals surface area contributed by atoms with Crippen molar-refractivity contribution in [3.63, 3.8) is 0 Å². The molecule has 1 aromatic rings. The zero-order valence-electron chi connectivity index (χ0n) is 12.4. The quantitative estimate of drug-likeness (QED) is 0.592. The number of nitrogens with zero attached hydrogens (tertiary/aromatic N) is 1. The minimum Gasteiger partial charge on any atom is -0.297 e. The standard InChI is InChI=1S/C16H17NO4S/c1-10(2)22(20,21)14-6-4-3-5-12(14)16(19)13(9-17)15(18)11-7-8-11/h3-6,10-11,13H,7-8H2,1-2H3. The average molecular weight is 319 g/mol. The smallest absolute Gasteiger partial charge is 0.188 e. The molecule has 0 heterocycles. The van der Waals surface area contributed by atoms with E-state index in [0.717, 1.165) is 0 Å². The van der Waals surface area contributed by atoms with E-state index >= 15 is 0 Å². The topological polar surface area (TPSA) is 92.1 Å². The molecule has 0 radical (unpaired) electrons. The Morgan fingerprint density at radius 2 is 1.82 bits per heavy atom. The van der Waals surface area contributed by atoms with Crippen molar-refractivity contribution in [2.24, 2.45) is 11.8 Å². The number of Topliss-reactive ketones (excluding diaryl/α,β-unsaturated/α-hetero) is 2. The number of rotatable bonds is 6. The summed E-state index contributed by atoms with van der Waals surface area (Å²) in [6.07, 6.45) is 1.38.